The first-order valence-electron chi connectivity index (χ1n) is 14.0. The molecule has 2 aromatic heterocycles. The number of aromatic nitrogens is 3. The number of carboxylic acid groups (broad SMARTS) is 1. The van der Waals surface area contributed by atoms with Gasteiger partial charge in [0.25, 0.3) is 0 Å². The number of ether oxygens (including phenoxy) is 4. The number of nitrogen functional groups attached to an aromatic ring is 2. The molecule has 5 rings (SSSR count). The van der Waals surface area contributed by atoms with Crippen LogP contribution < -0.4 is 35.8 Å². The third-order valence-electron chi connectivity index (χ3n) is 7.67. The van der Waals surface area contributed by atoms with E-state index >= 15 is 0 Å². The monoisotopic (exact) mass is 635 g/mol. The summed E-state index contributed by atoms with van der Waals surface area (Å²) in [5.74, 6) is 7.81. The molecule has 0 bridgehead atoms. The van der Waals surface area contributed by atoms with E-state index in [1.807, 2.05) is 16.7 Å². The average Bonchev–Trinajstić information content (AvgIpc) is 3.02. The lowest BCUT2D eigenvalue weighted by atomic mass is 9.94. The van der Waals surface area contributed by atoms with Crippen molar-refractivity contribution >= 4 is 41.2 Å². The SMILES string of the molecule is COc1cc(Cc2cnc(N)nc2N)cc(C#Cc2ccc3c(=O)c(OC(=O)O)cn(C4CCCCC4)c3c2OC)c1OC.Cl. The van der Waals surface area contributed by atoms with E-state index in [1.54, 1.807) is 25.4 Å². The number of halogens is 1. The average molecular weight is 636 g/mol. The van der Waals surface area contributed by atoms with Crippen LogP contribution in [0.4, 0.5) is 16.6 Å². The van der Waals surface area contributed by atoms with E-state index in [0.29, 0.717) is 45.9 Å². The van der Waals surface area contributed by atoms with Gasteiger partial charge in [0.15, 0.2) is 23.0 Å². The Hall–Kier alpha value is -5.15. The Kier molecular flexibility index (Phi) is 10.3. The van der Waals surface area contributed by atoms with E-state index in [1.165, 1.54) is 20.4 Å². The van der Waals surface area contributed by atoms with Gasteiger partial charge in [0.2, 0.25) is 11.4 Å². The summed E-state index contributed by atoms with van der Waals surface area (Å²) in [6, 6.07) is 7.02. The summed E-state index contributed by atoms with van der Waals surface area (Å²) in [5.41, 5.74) is 14.3. The zero-order valence-electron chi connectivity index (χ0n) is 25.1. The van der Waals surface area contributed by atoms with E-state index in [4.69, 9.17) is 30.4 Å². The van der Waals surface area contributed by atoms with E-state index in [-0.39, 0.29) is 41.4 Å². The van der Waals surface area contributed by atoms with Gasteiger partial charge in [-0.1, -0.05) is 31.1 Å². The standard InChI is InChI=1S/C32H33N5O7.ClH/c1-41-24-15-18(14-21-16-35-31(34)36-30(21)33)13-20(28(24)42-2)10-9-19-11-12-23-26(29(19)43-3)37(22-7-5-4-6-8-22)17-25(27(23)38)44-32(39)40;/h11-13,15-17,22H,4-8,14H2,1-3H3,(H,39,40)(H4,33,34,35,36);1H. The van der Waals surface area contributed by atoms with Crippen LogP contribution in [0.1, 0.15) is 60.4 Å². The predicted octanol–water partition coefficient (Wildman–Crippen LogP) is 4.96. The van der Waals surface area contributed by atoms with Crippen LogP contribution in [-0.4, -0.2) is 47.1 Å². The normalized spacial score (nSPS) is 12.9. The van der Waals surface area contributed by atoms with Crippen molar-refractivity contribution in [2.45, 2.75) is 44.6 Å². The first-order chi connectivity index (χ1) is 21.2. The third kappa shape index (κ3) is 6.84. The van der Waals surface area contributed by atoms with Gasteiger partial charge in [-0.2, -0.15) is 4.98 Å². The number of benzene rings is 2. The summed E-state index contributed by atoms with van der Waals surface area (Å²) in [4.78, 5) is 32.7. The molecule has 13 heteroatoms. The Labute approximate surface area is 265 Å². The summed E-state index contributed by atoms with van der Waals surface area (Å²) in [7, 11) is 4.59. The number of hydrogen-bond acceptors (Lipinski definition) is 10. The number of hydrogen-bond donors (Lipinski definition) is 3. The van der Waals surface area contributed by atoms with Gasteiger partial charge in [-0.3, -0.25) is 4.79 Å². The van der Waals surface area contributed by atoms with Gasteiger partial charge in [0.05, 0.1) is 49.6 Å². The Morgan fingerprint density at radius 2 is 1.71 bits per heavy atom. The molecule has 0 radical (unpaired) electrons. The molecule has 2 aromatic carbocycles. The quantitative estimate of drug-likeness (QED) is 0.185. The van der Waals surface area contributed by atoms with Crippen LogP contribution in [0.2, 0.25) is 0 Å². The highest BCUT2D eigenvalue weighted by atomic mass is 35.5. The summed E-state index contributed by atoms with van der Waals surface area (Å²) >= 11 is 0. The molecule has 12 nitrogen and oxygen atoms in total. The van der Waals surface area contributed by atoms with Crippen LogP contribution in [0, 0.1) is 11.8 Å². The molecule has 4 aromatic rings. The van der Waals surface area contributed by atoms with Crippen molar-refractivity contribution in [3.8, 4) is 34.8 Å². The number of nitrogens with zero attached hydrogens (tertiary/aromatic N) is 3. The molecule has 1 fully saturated rings. The van der Waals surface area contributed by atoms with Gasteiger partial charge >= 0.3 is 6.16 Å². The van der Waals surface area contributed by atoms with Gasteiger partial charge < -0.3 is 40.1 Å². The molecule has 0 amide bonds. The zero-order chi connectivity index (χ0) is 31.4. The van der Waals surface area contributed by atoms with E-state index in [2.05, 4.69) is 21.8 Å². The predicted molar refractivity (Wildman–Crippen MR) is 172 cm³/mol. The first-order valence-corrected chi connectivity index (χ1v) is 14.0. The highest BCUT2D eigenvalue weighted by molar-refractivity contribution is 5.89. The topological polar surface area (TPSA) is 174 Å². The Morgan fingerprint density at radius 1 is 1.00 bits per heavy atom. The molecule has 5 N–H and O–H groups in total. The Bertz CT molecular complexity index is 1860. The molecule has 0 aliphatic heterocycles. The molecule has 0 saturated heterocycles. The lowest BCUT2D eigenvalue weighted by molar-refractivity contribution is 0.143. The van der Waals surface area contributed by atoms with Crippen LogP contribution in [-0.2, 0) is 6.42 Å². The van der Waals surface area contributed by atoms with E-state index < -0.39 is 11.6 Å². The molecule has 1 aliphatic carbocycles. The Balaban J connectivity index is 0.00000461. The van der Waals surface area contributed by atoms with Crippen LogP contribution in [0.3, 0.4) is 0 Å². The number of anilines is 2. The number of carbonyl (C=O) groups is 1. The highest BCUT2D eigenvalue weighted by Gasteiger charge is 2.24. The second kappa shape index (κ2) is 14.1. The number of methoxy groups -OCH3 is 3. The smallest absolute Gasteiger partial charge is 0.493 e. The fourth-order valence-electron chi connectivity index (χ4n) is 5.65. The van der Waals surface area contributed by atoms with Crippen LogP contribution >= 0.6 is 12.4 Å². The molecule has 0 spiro atoms. The fourth-order valence-corrected chi connectivity index (χ4v) is 5.65. The third-order valence-corrected chi connectivity index (χ3v) is 7.67. The zero-order valence-corrected chi connectivity index (χ0v) is 25.9. The highest BCUT2D eigenvalue weighted by Crippen LogP contribution is 2.37. The summed E-state index contributed by atoms with van der Waals surface area (Å²) in [6.07, 6.45) is 6.79. The molecule has 0 unspecified atom stereocenters. The lowest BCUT2D eigenvalue weighted by Crippen LogP contribution is -2.20. The molecule has 0 atom stereocenters. The maximum atomic E-state index is 13.3. The van der Waals surface area contributed by atoms with Crippen molar-refractivity contribution in [1.29, 1.82) is 0 Å². The van der Waals surface area contributed by atoms with Gasteiger partial charge in [-0.25, -0.2) is 9.78 Å². The maximum absolute atomic E-state index is 13.3. The summed E-state index contributed by atoms with van der Waals surface area (Å²) in [6.45, 7) is 0. The van der Waals surface area contributed by atoms with Crippen molar-refractivity contribution in [2.75, 3.05) is 32.8 Å². The van der Waals surface area contributed by atoms with Crippen molar-refractivity contribution in [3.63, 3.8) is 0 Å². The van der Waals surface area contributed by atoms with Crippen LogP contribution in [0.5, 0.6) is 23.0 Å². The minimum absolute atomic E-state index is 0. The Morgan fingerprint density at radius 3 is 2.36 bits per heavy atom. The first kappa shape index (κ1) is 32.8. The molecule has 45 heavy (non-hydrogen) atoms. The lowest BCUT2D eigenvalue weighted by Gasteiger charge is -2.27. The maximum Gasteiger partial charge on any atom is 0.511 e. The van der Waals surface area contributed by atoms with Gasteiger partial charge in [-0.05, 0) is 42.7 Å². The van der Waals surface area contributed by atoms with Gasteiger partial charge in [0, 0.05) is 24.2 Å². The number of pyridine rings is 1. The number of nitrogens with two attached hydrogens (primary N) is 2. The number of rotatable bonds is 7. The summed E-state index contributed by atoms with van der Waals surface area (Å²) < 4.78 is 23.9. The van der Waals surface area contributed by atoms with Crippen molar-refractivity contribution in [3.05, 3.63) is 69.1 Å². The minimum atomic E-state index is -1.55. The molecular weight excluding hydrogens is 602 g/mol. The number of fused-ring (bicyclic) bond motifs is 1. The van der Waals surface area contributed by atoms with Crippen LogP contribution in [0.15, 0.2) is 41.5 Å². The largest absolute Gasteiger partial charge is 0.511 e. The van der Waals surface area contributed by atoms with E-state index in [9.17, 15) is 14.7 Å². The second-order valence-electron chi connectivity index (χ2n) is 10.4. The fraction of sp³-hybridized carbons (Fsp3) is 0.312. The van der Waals surface area contributed by atoms with Crippen molar-refractivity contribution < 1.29 is 28.8 Å². The molecule has 1 aliphatic rings. The van der Waals surface area contributed by atoms with E-state index in [0.717, 1.165) is 37.7 Å². The van der Waals surface area contributed by atoms with Crippen LogP contribution in [0.25, 0.3) is 10.9 Å². The second-order valence-corrected chi connectivity index (χ2v) is 10.4. The summed E-state index contributed by atoms with van der Waals surface area (Å²) in [5, 5.41) is 9.52. The van der Waals surface area contributed by atoms with Gasteiger partial charge in [0.1, 0.15) is 5.82 Å². The molecular formula is C32H34ClN5O7. The van der Waals surface area contributed by atoms with Gasteiger partial charge in [-0.15, -0.1) is 12.4 Å². The molecule has 2 heterocycles. The molecule has 236 valence electrons. The van der Waals surface area contributed by atoms with Crippen molar-refractivity contribution in [2.24, 2.45) is 0 Å². The van der Waals surface area contributed by atoms with Crippen molar-refractivity contribution in [1.82, 2.24) is 14.5 Å². The molecule has 1 saturated carbocycles. The minimum Gasteiger partial charge on any atom is -0.493 e.